The van der Waals surface area contributed by atoms with Crippen LogP contribution in [0, 0.1) is 16.7 Å². The van der Waals surface area contributed by atoms with Gasteiger partial charge in [0.1, 0.15) is 0 Å². The summed E-state index contributed by atoms with van der Waals surface area (Å²) in [6.07, 6.45) is 29.8. The van der Waals surface area contributed by atoms with Crippen molar-refractivity contribution in [2.45, 2.75) is 173 Å². The summed E-state index contributed by atoms with van der Waals surface area (Å²) in [4.78, 5) is 0. The Morgan fingerprint density at radius 3 is 1.95 bits per heavy atom. The summed E-state index contributed by atoms with van der Waals surface area (Å²) in [5, 5.41) is 0. The zero-order valence-electron chi connectivity index (χ0n) is 29.9. The van der Waals surface area contributed by atoms with E-state index in [0.29, 0.717) is 10.8 Å². The maximum Gasteiger partial charge on any atom is -0.0142 e. The van der Waals surface area contributed by atoms with Crippen molar-refractivity contribution in [3.8, 4) is 0 Å². The van der Waals surface area contributed by atoms with E-state index in [-0.39, 0.29) is 0 Å². The van der Waals surface area contributed by atoms with Gasteiger partial charge in [0.15, 0.2) is 0 Å². The van der Waals surface area contributed by atoms with Gasteiger partial charge in [-0.05, 0) is 155 Å². The summed E-state index contributed by atoms with van der Waals surface area (Å²) in [5.41, 5.74) is 12.0. The van der Waals surface area contributed by atoms with E-state index in [1.807, 2.05) is 0 Å². The fraction of sp³-hybridized carbons (Fsp3) is 0.707. The molecule has 2 aliphatic carbocycles. The van der Waals surface area contributed by atoms with Gasteiger partial charge in [-0.2, -0.15) is 0 Å². The van der Waals surface area contributed by atoms with Crippen molar-refractivity contribution in [3.05, 3.63) is 69.4 Å². The zero-order valence-corrected chi connectivity index (χ0v) is 29.9. The first-order valence-corrected chi connectivity index (χ1v) is 17.2. The van der Waals surface area contributed by atoms with E-state index < -0.39 is 0 Å². The van der Waals surface area contributed by atoms with Crippen molar-refractivity contribution in [2.24, 2.45) is 16.7 Å². The van der Waals surface area contributed by atoms with Crippen LogP contribution in [0.15, 0.2) is 69.4 Å². The van der Waals surface area contributed by atoms with E-state index in [2.05, 4.69) is 113 Å². The van der Waals surface area contributed by atoms with Crippen molar-refractivity contribution in [2.75, 3.05) is 0 Å². The van der Waals surface area contributed by atoms with Crippen LogP contribution in [-0.4, -0.2) is 0 Å². The number of allylic oxidation sites excluding steroid dienone is 12. The van der Waals surface area contributed by atoms with Crippen LogP contribution in [0.3, 0.4) is 0 Å². The van der Waals surface area contributed by atoms with E-state index in [4.69, 9.17) is 0 Å². The summed E-state index contributed by atoms with van der Waals surface area (Å²) < 4.78 is 0. The molecule has 1 atom stereocenters. The first-order chi connectivity index (χ1) is 19.2. The SMILES string of the molecule is CC(C)=CCC/C(C)=C/CCC1C(C)=CCCC1(C)C.CC/C=C(\C)CC/C=C(\C)CCC1=C(C)CCCC1(C)C. The lowest BCUT2D eigenvalue weighted by Gasteiger charge is -2.38. The number of rotatable bonds is 13. The third-order valence-corrected chi connectivity index (χ3v) is 9.83. The van der Waals surface area contributed by atoms with E-state index in [0.717, 1.165) is 12.3 Å². The summed E-state index contributed by atoms with van der Waals surface area (Å²) in [7, 11) is 0. The van der Waals surface area contributed by atoms with Crippen molar-refractivity contribution in [3.63, 3.8) is 0 Å². The van der Waals surface area contributed by atoms with Gasteiger partial charge in [0.2, 0.25) is 0 Å². The molecule has 0 heteroatoms. The second-order valence-electron chi connectivity index (χ2n) is 15.0. The molecule has 2 rings (SSSR count). The molecular formula is C41H70. The molecule has 0 amide bonds. The second kappa shape index (κ2) is 18.9. The van der Waals surface area contributed by atoms with Gasteiger partial charge in [0.05, 0.1) is 0 Å². The van der Waals surface area contributed by atoms with Crippen molar-refractivity contribution < 1.29 is 0 Å². The largest absolute Gasteiger partial charge is 0.0859 e. The lowest BCUT2D eigenvalue weighted by molar-refractivity contribution is 0.205. The minimum absolute atomic E-state index is 0.434. The van der Waals surface area contributed by atoms with Crippen LogP contribution in [0.2, 0.25) is 0 Å². The van der Waals surface area contributed by atoms with E-state index in [1.165, 1.54) is 94.6 Å². The fourth-order valence-corrected chi connectivity index (χ4v) is 7.06. The summed E-state index contributed by atoms with van der Waals surface area (Å²) >= 11 is 0. The van der Waals surface area contributed by atoms with Gasteiger partial charge in [-0.15, -0.1) is 0 Å². The monoisotopic (exact) mass is 563 g/mol. The summed E-state index contributed by atoms with van der Waals surface area (Å²) in [5.74, 6) is 0.776. The molecule has 0 heterocycles. The number of hydrogen-bond acceptors (Lipinski definition) is 0. The molecule has 0 aliphatic heterocycles. The molecule has 0 N–H and O–H groups in total. The Morgan fingerprint density at radius 1 is 0.780 bits per heavy atom. The highest BCUT2D eigenvalue weighted by Gasteiger charge is 2.32. The Kier molecular flexibility index (Phi) is 17.2. The van der Waals surface area contributed by atoms with E-state index in [9.17, 15) is 0 Å². The van der Waals surface area contributed by atoms with Crippen molar-refractivity contribution >= 4 is 0 Å². The second-order valence-corrected chi connectivity index (χ2v) is 15.0. The summed E-state index contributed by atoms with van der Waals surface area (Å²) in [6, 6.07) is 0. The number of hydrogen-bond donors (Lipinski definition) is 0. The quantitative estimate of drug-likeness (QED) is 0.196. The fourth-order valence-electron chi connectivity index (χ4n) is 7.06. The van der Waals surface area contributed by atoms with Crippen LogP contribution in [0.1, 0.15) is 173 Å². The highest BCUT2D eigenvalue weighted by molar-refractivity contribution is 5.23. The molecule has 2 aliphatic rings. The standard InChI is InChI=1S/C21H36.C20H34/c1-7-10-17(2)11-8-12-18(3)14-15-20-19(4)13-9-16-21(20,5)6;1-16(2)10-7-11-17(3)12-8-14-19-18(4)13-9-15-20(19,5)6/h10,12H,7-9,11,13-16H2,1-6H3;10,12-13,19H,7-9,11,14-15H2,1-6H3/b17-10+,18-12+;17-12+. The Morgan fingerprint density at radius 2 is 1.37 bits per heavy atom. The first kappa shape index (κ1) is 37.5. The molecule has 0 saturated heterocycles. The van der Waals surface area contributed by atoms with Crippen LogP contribution < -0.4 is 0 Å². The molecule has 0 fully saturated rings. The zero-order chi connectivity index (χ0) is 31.1. The normalized spacial score (nSPS) is 21.2. The Bertz CT molecular complexity index is 962. The molecule has 234 valence electrons. The van der Waals surface area contributed by atoms with Crippen LogP contribution in [0.5, 0.6) is 0 Å². The highest BCUT2D eigenvalue weighted by Crippen LogP contribution is 2.44. The molecule has 0 radical (unpaired) electrons. The average molecular weight is 563 g/mol. The van der Waals surface area contributed by atoms with Gasteiger partial charge >= 0.3 is 0 Å². The first-order valence-electron chi connectivity index (χ1n) is 17.2. The Balaban J connectivity index is 0.000000410. The van der Waals surface area contributed by atoms with E-state index >= 15 is 0 Å². The minimum Gasteiger partial charge on any atom is -0.0859 e. The van der Waals surface area contributed by atoms with Crippen molar-refractivity contribution in [1.29, 1.82) is 0 Å². The molecule has 0 aromatic carbocycles. The third-order valence-electron chi connectivity index (χ3n) is 9.83. The maximum atomic E-state index is 2.47. The topological polar surface area (TPSA) is 0 Å². The molecule has 0 spiro atoms. The van der Waals surface area contributed by atoms with Crippen LogP contribution in [0.4, 0.5) is 0 Å². The molecule has 0 nitrogen and oxygen atoms in total. The van der Waals surface area contributed by atoms with Gasteiger partial charge in [-0.1, -0.05) is 104 Å². The van der Waals surface area contributed by atoms with Gasteiger partial charge in [0, 0.05) is 0 Å². The van der Waals surface area contributed by atoms with Crippen molar-refractivity contribution in [1.82, 2.24) is 0 Å². The molecule has 41 heavy (non-hydrogen) atoms. The predicted octanol–water partition coefficient (Wildman–Crippen LogP) is 14.2. The van der Waals surface area contributed by atoms with Gasteiger partial charge < -0.3 is 0 Å². The molecule has 0 saturated carbocycles. The minimum atomic E-state index is 0.434. The summed E-state index contributed by atoms with van der Waals surface area (Å²) in [6.45, 7) is 27.9. The van der Waals surface area contributed by atoms with Gasteiger partial charge in [0.25, 0.3) is 0 Å². The van der Waals surface area contributed by atoms with Crippen LogP contribution >= 0.6 is 0 Å². The van der Waals surface area contributed by atoms with Gasteiger partial charge in [-0.25, -0.2) is 0 Å². The molecule has 0 aromatic rings. The van der Waals surface area contributed by atoms with Gasteiger partial charge in [-0.3, -0.25) is 0 Å². The molecule has 0 bridgehead atoms. The predicted molar refractivity (Wildman–Crippen MR) is 189 cm³/mol. The smallest absolute Gasteiger partial charge is 0.0142 e. The average Bonchev–Trinajstić information content (AvgIpc) is 2.85. The highest BCUT2D eigenvalue weighted by atomic mass is 14.4. The lowest BCUT2D eigenvalue weighted by Crippen LogP contribution is -2.27. The lowest BCUT2D eigenvalue weighted by atomic mass is 9.67. The Labute approximate surface area is 258 Å². The maximum absolute atomic E-state index is 2.47. The Hall–Kier alpha value is -1.56. The van der Waals surface area contributed by atoms with Crippen LogP contribution in [-0.2, 0) is 0 Å². The third kappa shape index (κ3) is 14.9. The van der Waals surface area contributed by atoms with E-state index in [1.54, 1.807) is 27.9 Å². The van der Waals surface area contributed by atoms with Crippen LogP contribution in [0.25, 0.3) is 0 Å². The molecular weight excluding hydrogens is 492 g/mol. The molecule has 1 unspecified atom stereocenters. The molecule has 0 aromatic heterocycles.